The Balaban J connectivity index is 2.20. The smallest absolute Gasteiger partial charge is 0.310 e. The first-order valence-corrected chi connectivity index (χ1v) is 6.07. The second-order valence-corrected chi connectivity index (χ2v) is 4.70. The third-order valence-corrected chi connectivity index (χ3v) is 3.18. The van der Waals surface area contributed by atoms with Crippen LogP contribution in [0.3, 0.4) is 0 Å². The summed E-state index contributed by atoms with van der Waals surface area (Å²) in [7, 11) is 0. The molecule has 0 bridgehead atoms. The van der Waals surface area contributed by atoms with E-state index in [1.807, 2.05) is 19.1 Å². The topological polar surface area (TPSA) is 86.0 Å². The van der Waals surface area contributed by atoms with E-state index in [4.69, 9.17) is 10.4 Å². The molecule has 1 aromatic rings. The van der Waals surface area contributed by atoms with Crippen LogP contribution >= 0.6 is 0 Å². The molecular formula is C14H15N3O2. The molecule has 1 aliphatic carbocycles. The Morgan fingerprint density at radius 3 is 2.84 bits per heavy atom. The maximum Gasteiger partial charge on any atom is 0.310 e. The van der Waals surface area contributed by atoms with Gasteiger partial charge in [-0.2, -0.15) is 5.26 Å². The fraction of sp³-hybridized carbons (Fsp3) is 0.357. The predicted octanol–water partition coefficient (Wildman–Crippen LogP) is 2.01. The Morgan fingerprint density at radius 1 is 1.53 bits per heavy atom. The van der Waals surface area contributed by atoms with Gasteiger partial charge in [0, 0.05) is 11.7 Å². The number of nitrogens with one attached hydrogen (secondary N) is 1. The SMILES string of the molecule is Cc1cc(NC2C=CC(C(=O)O)C2)c(C#N)c(C)n1. The first-order valence-electron chi connectivity index (χ1n) is 6.07. The number of aryl methyl sites for hydroxylation is 2. The summed E-state index contributed by atoms with van der Waals surface area (Å²) >= 11 is 0. The first-order chi connectivity index (χ1) is 9.01. The van der Waals surface area contributed by atoms with Gasteiger partial charge >= 0.3 is 5.97 Å². The van der Waals surface area contributed by atoms with Gasteiger partial charge in [0.2, 0.25) is 0 Å². The van der Waals surface area contributed by atoms with Crippen molar-refractivity contribution in [3.63, 3.8) is 0 Å². The van der Waals surface area contributed by atoms with Gasteiger partial charge in [-0.25, -0.2) is 0 Å². The van der Waals surface area contributed by atoms with Crippen LogP contribution in [0.15, 0.2) is 18.2 Å². The highest BCUT2D eigenvalue weighted by atomic mass is 16.4. The fourth-order valence-electron chi connectivity index (χ4n) is 2.27. The van der Waals surface area contributed by atoms with Gasteiger partial charge in [0.25, 0.3) is 0 Å². The Morgan fingerprint density at radius 2 is 2.26 bits per heavy atom. The van der Waals surface area contributed by atoms with Crippen LogP contribution in [0.2, 0.25) is 0 Å². The Kier molecular flexibility index (Phi) is 3.52. The van der Waals surface area contributed by atoms with Crippen molar-refractivity contribution in [3.8, 4) is 6.07 Å². The molecule has 1 aliphatic rings. The zero-order valence-corrected chi connectivity index (χ0v) is 10.8. The molecule has 0 saturated heterocycles. The van der Waals surface area contributed by atoms with Crippen molar-refractivity contribution < 1.29 is 9.90 Å². The number of carbonyl (C=O) groups is 1. The van der Waals surface area contributed by atoms with Crippen molar-refractivity contribution in [1.29, 1.82) is 5.26 Å². The lowest BCUT2D eigenvalue weighted by Gasteiger charge is -2.16. The molecule has 0 radical (unpaired) electrons. The minimum atomic E-state index is -0.817. The van der Waals surface area contributed by atoms with Gasteiger partial charge in [-0.1, -0.05) is 12.2 Å². The average molecular weight is 257 g/mol. The van der Waals surface area contributed by atoms with Crippen molar-refractivity contribution in [3.05, 3.63) is 35.2 Å². The lowest BCUT2D eigenvalue weighted by molar-refractivity contribution is -0.140. The van der Waals surface area contributed by atoms with Gasteiger partial charge in [-0.05, 0) is 26.3 Å². The second-order valence-electron chi connectivity index (χ2n) is 4.70. The maximum atomic E-state index is 10.9. The number of nitriles is 1. The van der Waals surface area contributed by atoms with Crippen molar-refractivity contribution in [2.24, 2.45) is 5.92 Å². The van der Waals surface area contributed by atoms with E-state index in [2.05, 4.69) is 16.4 Å². The number of hydrogen-bond donors (Lipinski definition) is 2. The molecule has 2 atom stereocenters. The Hall–Kier alpha value is -2.35. The fourth-order valence-corrected chi connectivity index (χ4v) is 2.27. The summed E-state index contributed by atoms with van der Waals surface area (Å²) in [5.74, 6) is -1.27. The molecule has 0 saturated carbocycles. The molecule has 0 fully saturated rings. The number of nitrogens with zero attached hydrogens (tertiary/aromatic N) is 2. The highest BCUT2D eigenvalue weighted by molar-refractivity contribution is 5.73. The van der Waals surface area contributed by atoms with Gasteiger partial charge in [0.15, 0.2) is 0 Å². The van der Waals surface area contributed by atoms with Crippen LogP contribution in [-0.4, -0.2) is 22.1 Å². The van der Waals surface area contributed by atoms with E-state index in [9.17, 15) is 4.79 Å². The number of carboxylic acid groups (broad SMARTS) is 1. The highest BCUT2D eigenvalue weighted by Gasteiger charge is 2.25. The molecule has 0 amide bonds. The number of aromatic nitrogens is 1. The molecule has 0 aliphatic heterocycles. The van der Waals surface area contributed by atoms with Gasteiger partial charge in [-0.15, -0.1) is 0 Å². The van der Waals surface area contributed by atoms with E-state index < -0.39 is 11.9 Å². The van der Waals surface area contributed by atoms with Gasteiger partial charge in [0.05, 0.1) is 22.9 Å². The van der Waals surface area contributed by atoms with Gasteiger partial charge in [-0.3, -0.25) is 9.78 Å². The molecular weight excluding hydrogens is 242 g/mol. The molecule has 98 valence electrons. The van der Waals surface area contributed by atoms with E-state index in [1.54, 1.807) is 13.0 Å². The summed E-state index contributed by atoms with van der Waals surface area (Å²) in [6.45, 7) is 3.66. The van der Waals surface area contributed by atoms with Gasteiger partial charge < -0.3 is 10.4 Å². The van der Waals surface area contributed by atoms with Gasteiger partial charge in [0.1, 0.15) is 6.07 Å². The maximum absolute atomic E-state index is 10.9. The minimum Gasteiger partial charge on any atom is -0.481 e. The summed E-state index contributed by atoms with van der Waals surface area (Å²) in [5.41, 5.74) is 2.74. The summed E-state index contributed by atoms with van der Waals surface area (Å²) in [6, 6.07) is 3.89. The summed E-state index contributed by atoms with van der Waals surface area (Å²) in [5, 5.41) is 21.3. The van der Waals surface area contributed by atoms with Crippen molar-refractivity contribution >= 4 is 11.7 Å². The number of hydrogen-bond acceptors (Lipinski definition) is 4. The minimum absolute atomic E-state index is 0.0607. The van der Waals surface area contributed by atoms with Crippen molar-refractivity contribution in [2.45, 2.75) is 26.3 Å². The van der Waals surface area contributed by atoms with Crippen LogP contribution in [0, 0.1) is 31.1 Å². The molecule has 5 heteroatoms. The Labute approximate surface area is 111 Å². The van der Waals surface area contributed by atoms with Crippen LogP contribution in [0.5, 0.6) is 0 Å². The molecule has 0 spiro atoms. The molecule has 1 heterocycles. The molecule has 19 heavy (non-hydrogen) atoms. The average Bonchev–Trinajstić information content (AvgIpc) is 2.77. The first kappa shape index (κ1) is 13.1. The van der Waals surface area contributed by atoms with Crippen LogP contribution in [0.25, 0.3) is 0 Å². The number of pyridine rings is 1. The number of aliphatic carboxylic acids is 1. The number of carboxylic acids is 1. The third-order valence-electron chi connectivity index (χ3n) is 3.18. The molecule has 2 unspecified atom stereocenters. The standard InChI is InChI=1S/C14H15N3O2/c1-8-5-13(12(7-15)9(2)16-8)17-11-4-3-10(6-11)14(18)19/h3-5,10-11H,6H2,1-2H3,(H,16,17)(H,18,19). The predicted molar refractivity (Wildman–Crippen MR) is 70.7 cm³/mol. The molecule has 1 aromatic heterocycles. The highest BCUT2D eigenvalue weighted by Crippen LogP contribution is 2.25. The largest absolute Gasteiger partial charge is 0.481 e. The van der Waals surface area contributed by atoms with Crippen LogP contribution in [-0.2, 0) is 4.79 Å². The van der Waals surface area contributed by atoms with E-state index in [0.717, 1.165) is 5.69 Å². The molecule has 0 aromatic carbocycles. The van der Waals surface area contributed by atoms with Crippen molar-refractivity contribution in [1.82, 2.24) is 4.98 Å². The second kappa shape index (κ2) is 5.11. The van der Waals surface area contributed by atoms with Crippen LogP contribution in [0.1, 0.15) is 23.4 Å². The summed E-state index contributed by atoms with van der Waals surface area (Å²) < 4.78 is 0. The zero-order valence-electron chi connectivity index (χ0n) is 10.8. The van der Waals surface area contributed by atoms with E-state index >= 15 is 0 Å². The third kappa shape index (κ3) is 2.74. The normalized spacial score (nSPS) is 21.1. The quantitative estimate of drug-likeness (QED) is 0.809. The monoisotopic (exact) mass is 257 g/mol. The Bertz CT molecular complexity index is 587. The lowest BCUT2D eigenvalue weighted by atomic mass is 10.1. The van der Waals surface area contributed by atoms with E-state index in [1.165, 1.54) is 0 Å². The van der Waals surface area contributed by atoms with E-state index in [0.29, 0.717) is 23.4 Å². The molecule has 2 rings (SSSR count). The summed E-state index contributed by atoms with van der Waals surface area (Å²) in [4.78, 5) is 15.1. The van der Waals surface area contributed by atoms with Crippen LogP contribution < -0.4 is 5.32 Å². The number of rotatable bonds is 3. The lowest BCUT2D eigenvalue weighted by Crippen LogP contribution is -2.19. The van der Waals surface area contributed by atoms with E-state index in [-0.39, 0.29) is 6.04 Å². The van der Waals surface area contributed by atoms with Crippen LogP contribution in [0.4, 0.5) is 5.69 Å². The van der Waals surface area contributed by atoms with Crippen molar-refractivity contribution in [2.75, 3.05) is 5.32 Å². The number of anilines is 1. The zero-order chi connectivity index (χ0) is 14.0. The molecule has 2 N–H and O–H groups in total. The summed E-state index contributed by atoms with van der Waals surface area (Å²) in [6.07, 6.45) is 4.03. The molecule has 5 nitrogen and oxygen atoms in total.